The molecule has 4 nitrogen and oxygen atoms in total. The van der Waals surface area contributed by atoms with E-state index in [-0.39, 0.29) is 0 Å². The Morgan fingerprint density at radius 1 is 1.06 bits per heavy atom. The average molecular weight is 242 g/mol. The zero-order chi connectivity index (χ0) is 13.0. The summed E-state index contributed by atoms with van der Waals surface area (Å²) in [6.07, 6.45) is 6.19. The fourth-order valence-electron chi connectivity index (χ4n) is 1.82. The molecular formula is C14H18N4. The predicted octanol–water partition coefficient (Wildman–Crippen LogP) is 2.74. The summed E-state index contributed by atoms with van der Waals surface area (Å²) in [7, 11) is 0. The molecule has 0 saturated heterocycles. The molecule has 0 spiro atoms. The van der Waals surface area contributed by atoms with E-state index >= 15 is 0 Å². The molecule has 1 unspecified atom stereocenters. The van der Waals surface area contributed by atoms with E-state index in [1.54, 1.807) is 12.4 Å². The number of hydrogen-bond acceptors (Lipinski definition) is 4. The van der Waals surface area contributed by atoms with Crippen LogP contribution in [0.15, 0.2) is 30.7 Å². The molecule has 0 aliphatic rings. The molecular weight excluding hydrogens is 224 g/mol. The van der Waals surface area contributed by atoms with Crippen molar-refractivity contribution in [3.63, 3.8) is 0 Å². The van der Waals surface area contributed by atoms with E-state index in [4.69, 9.17) is 0 Å². The quantitative estimate of drug-likeness (QED) is 0.827. The van der Waals surface area contributed by atoms with Gasteiger partial charge in [0.1, 0.15) is 5.82 Å². The molecule has 1 atom stereocenters. The van der Waals surface area contributed by atoms with E-state index in [0.717, 1.165) is 17.9 Å². The molecule has 2 heterocycles. The maximum atomic E-state index is 4.59. The largest absolute Gasteiger partial charge is 0.241 e. The summed E-state index contributed by atoms with van der Waals surface area (Å²) in [4.78, 5) is 8.93. The van der Waals surface area contributed by atoms with Crippen LogP contribution in [0.4, 0.5) is 0 Å². The highest BCUT2D eigenvalue weighted by Gasteiger charge is 2.10. The first-order valence-electron chi connectivity index (χ1n) is 6.25. The minimum Gasteiger partial charge on any atom is -0.241 e. The van der Waals surface area contributed by atoms with Gasteiger partial charge in [0, 0.05) is 24.5 Å². The van der Waals surface area contributed by atoms with Crippen molar-refractivity contribution in [3.05, 3.63) is 47.8 Å². The maximum absolute atomic E-state index is 4.59. The highest BCUT2D eigenvalue weighted by atomic mass is 15.1. The van der Waals surface area contributed by atoms with Gasteiger partial charge >= 0.3 is 0 Å². The summed E-state index contributed by atoms with van der Waals surface area (Å²) >= 11 is 0. The Bertz CT molecular complexity index is 496. The molecule has 0 fully saturated rings. The fraction of sp³-hybridized carbons (Fsp3) is 0.429. The minimum absolute atomic E-state index is 0.350. The molecule has 0 saturated carbocycles. The fourth-order valence-corrected chi connectivity index (χ4v) is 1.82. The number of nitrogens with zero attached hydrogens (tertiary/aromatic N) is 4. The molecule has 18 heavy (non-hydrogen) atoms. The highest BCUT2D eigenvalue weighted by molar-refractivity contribution is 5.14. The third-order valence-electron chi connectivity index (χ3n) is 2.98. The van der Waals surface area contributed by atoms with Crippen LogP contribution >= 0.6 is 0 Å². The molecule has 0 amide bonds. The lowest BCUT2D eigenvalue weighted by atomic mass is 9.99. The standard InChI is InChI=1S/C14H18N4/c1-10(2)13-5-6-15-14(18-13)8-11(3)12-4-7-16-17-9-12/h4-7,9-11H,8H2,1-3H3. The molecule has 0 N–H and O–H groups in total. The Labute approximate surface area is 108 Å². The molecule has 2 rings (SSSR count). The first-order chi connectivity index (χ1) is 8.66. The first kappa shape index (κ1) is 12.6. The third kappa shape index (κ3) is 3.09. The van der Waals surface area contributed by atoms with Gasteiger partial charge < -0.3 is 0 Å². The smallest absolute Gasteiger partial charge is 0.129 e. The van der Waals surface area contributed by atoms with Gasteiger partial charge in [-0.2, -0.15) is 10.2 Å². The zero-order valence-electron chi connectivity index (χ0n) is 11.0. The molecule has 0 bridgehead atoms. The topological polar surface area (TPSA) is 51.6 Å². The molecule has 94 valence electrons. The molecule has 0 aromatic carbocycles. The van der Waals surface area contributed by atoms with Crippen molar-refractivity contribution in [1.29, 1.82) is 0 Å². The number of aromatic nitrogens is 4. The van der Waals surface area contributed by atoms with Crippen LogP contribution in [0.5, 0.6) is 0 Å². The van der Waals surface area contributed by atoms with E-state index < -0.39 is 0 Å². The van der Waals surface area contributed by atoms with Crippen molar-refractivity contribution in [1.82, 2.24) is 20.2 Å². The molecule has 0 radical (unpaired) electrons. The second kappa shape index (κ2) is 5.67. The van der Waals surface area contributed by atoms with Gasteiger partial charge in [0.2, 0.25) is 0 Å². The van der Waals surface area contributed by atoms with Crippen molar-refractivity contribution in [2.45, 2.75) is 39.0 Å². The van der Waals surface area contributed by atoms with E-state index in [1.807, 2.05) is 18.3 Å². The lowest BCUT2D eigenvalue weighted by molar-refractivity contribution is 0.693. The van der Waals surface area contributed by atoms with E-state index in [2.05, 4.69) is 40.9 Å². The van der Waals surface area contributed by atoms with E-state index in [1.165, 1.54) is 5.56 Å². The van der Waals surface area contributed by atoms with Gasteiger partial charge in [-0.1, -0.05) is 20.8 Å². The summed E-state index contributed by atoms with van der Waals surface area (Å²) < 4.78 is 0. The summed E-state index contributed by atoms with van der Waals surface area (Å²) in [6.45, 7) is 6.44. The Hall–Kier alpha value is -1.84. The normalized spacial score (nSPS) is 12.7. The van der Waals surface area contributed by atoms with Gasteiger partial charge in [0.05, 0.1) is 6.20 Å². The molecule has 2 aromatic heterocycles. The summed E-state index contributed by atoms with van der Waals surface area (Å²) in [5.74, 6) is 1.68. The summed E-state index contributed by atoms with van der Waals surface area (Å²) in [5, 5.41) is 7.69. The van der Waals surface area contributed by atoms with Crippen LogP contribution in [-0.2, 0) is 6.42 Å². The van der Waals surface area contributed by atoms with Gasteiger partial charge in [-0.15, -0.1) is 0 Å². The number of hydrogen-bond donors (Lipinski definition) is 0. The lowest BCUT2D eigenvalue weighted by Crippen LogP contribution is -2.05. The second-order valence-corrected chi connectivity index (χ2v) is 4.83. The van der Waals surface area contributed by atoms with Crippen LogP contribution in [0.25, 0.3) is 0 Å². The van der Waals surface area contributed by atoms with Crippen LogP contribution in [0, 0.1) is 0 Å². The van der Waals surface area contributed by atoms with Crippen LogP contribution in [0.2, 0.25) is 0 Å². The van der Waals surface area contributed by atoms with Crippen LogP contribution < -0.4 is 0 Å². The Morgan fingerprint density at radius 2 is 1.89 bits per heavy atom. The number of rotatable bonds is 4. The maximum Gasteiger partial charge on any atom is 0.129 e. The van der Waals surface area contributed by atoms with Crippen LogP contribution in [0.3, 0.4) is 0 Å². The monoisotopic (exact) mass is 242 g/mol. The SMILES string of the molecule is CC(C)c1ccnc(CC(C)c2ccnnc2)n1. The lowest BCUT2D eigenvalue weighted by Gasteiger charge is -2.11. The van der Waals surface area contributed by atoms with Crippen LogP contribution in [-0.4, -0.2) is 20.2 Å². The highest BCUT2D eigenvalue weighted by Crippen LogP contribution is 2.18. The van der Waals surface area contributed by atoms with Crippen molar-refractivity contribution in [2.24, 2.45) is 0 Å². The Balaban J connectivity index is 2.12. The van der Waals surface area contributed by atoms with Crippen molar-refractivity contribution in [2.75, 3.05) is 0 Å². The van der Waals surface area contributed by atoms with E-state index in [0.29, 0.717) is 11.8 Å². The molecule has 4 heteroatoms. The molecule has 0 aliphatic heterocycles. The van der Waals surface area contributed by atoms with Crippen molar-refractivity contribution < 1.29 is 0 Å². The second-order valence-electron chi connectivity index (χ2n) is 4.83. The van der Waals surface area contributed by atoms with Gasteiger partial charge in [-0.25, -0.2) is 9.97 Å². The van der Waals surface area contributed by atoms with Crippen LogP contribution in [0.1, 0.15) is 49.7 Å². The summed E-state index contributed by atoms with van der Waals surface area (Å²) in [6, 6.07) is 3.97. The Kier molecular flexibility index (Phi) is 3.97. The molecule has 0 aliphatic carbocycles. The Morgan fingerprint density at radius 3 is 2.56 bits per heavy atom. The van der Waals surface area contributed by atoms with Gasteiger partial charge in [-0.3, -0.25) is 0 Å². The van der Waals surface area contributed by atoms with Gasteiger partial charge in [-0.05, 0) is 29.5 Å². The first-order valence-corrected chi connectivity index (χ1v) is 6.25. The zero-order valence-corrected chi connectivity index (χ0v) is 11.0. The van der Waals surface area contributed by atoms with E-state index in [9.17, 15) is 0 Å². The van der Waals surface area contributed by atoms with Crippen molar-refractivity contribution in [3.8, 4) is 0 Å². The van der Waals surface area contributed by atoms with Gasteiger partial charge in [0.25, 0.3) is 0 Å². The van der Waals surface area contributed by atoms with Gasteiger partial charge in [0.15, 0.2) is 0 Å². The molecule has 2 aromatic rings. The third-order valence-corrected chi connectivity index (χ3v) is 2.98. The average Bonchev–Trinajstić information content (AvgIpc) is 2.40. The van der Waals surface area contributed by atoms with Crippen molar-refractivity contribution >= 4 is 0 Å². The summed E-state index contributed by atoms with van der Waals surface area (Å²) in [5.41, 5.74) is 2.27. The minimum atomic E-state index is 0.350. The predicted molar refractivity (Wildman–Crippen MR) is 70.3 cm³/mol.